The van der Waals surface area contributed by atoms with Crippen molar-refractivity contribution >= 4 is 34.0 Å². The van der Waals surface area contributed by atoms with E-state index >= 15 is 0 Å². The molecule has 7 heteroatoms. The van der Waals surface area contributed by atoms with E-state index in [9.17, 15) is 8.42 Å². The van der Waals surface area contributed by atoms with Crippen LogP contribution in [0.2, 0.25) is 5.02 Å². The van der Waals surface area contributed by atoms with Crippen LogP contribution in [0.15, 0.2) is 23.1 Å². The number of halogens is 2. The van der Waals surface area contributed by atoms with Crippen LogP contribution in [0.1, 0.15) is 18.4 Å². The van der Waals surface area contributed by atoms with Gasteiger partial charge in [-0.1, -0.05) is 17.7 Å². The molecule has 0 spiro atoms. The molecule has 4 nitrogen and oxygen atoms in total. The molecule has 1 atom stereocenters. The molecule has 1 aliphatic rings. The predicted octanol–water partition coefficient (Wildman–Crippen LogP) is 2.43. The number of hydrogen-bond acceptors (Lipinski definition) is 3. The van der Waals surface area contributed by atoms with Gasteiger partial charge in [0.15, 0.2) is 0 Å². The van der Waals surface area contributed by atoms with Gasteiger partial charge in [-0.2, -0.15) is 4.31 Å². The molecule has 114 valence electrons. The first-order valence-electron chi connectivity index (χ1n) is 6.41. The Morgan fingerprint density at radius 3 is 2.80 bits per heavy atom. The number of piperidine rings is 1. The fourth-order valence-corrected chi connectivity index (χ4v) is 4.47. The zero-order chi connectivity index (χ0) is 14.0. The minimum atomic E-state index is -3.46. The summed E-state index contributed by atoms with van der Waals surface area (Å²) >= 11 is 5.91. The summed E-state index contributed by atoms with van der Waals surface area (Å²) in [4.78, 5) is 0.303. The molecule has 1 aromatic rings. The highest BCUT2D eigenvalue weighted by molar-refractivity contribution is 7.89. The Morgan fingerprint density at radius 1 is 1.45 bits per heavy atom. The number of nitrogens with two attached hydrogens (primary N) is 1. The number of sulfonamides is 1. The lowest BCUT2D eigenvalue weighted by Crippen LogP contribution is -2.42. The van der Waals surface area contributed by atoms with Gasteiger partial charge in [0.1, 0.15) is 0 Å². The first-order chi connectivity index (χ1) is 8.95. The second-order valence-corrected chi connectivity index (χ2v) is 7.36. The summed E-state index contributed by atoms with van der Waals surface area (Å²) in [6.45, 7) is 3.38. The van der Waals surface area contributed by atoms with Gasteiger partial charge in [-0.25, -0.2) is 8.42 Å². The summed E-state index contributed by atoms with van der Waals surface area (Å²) in [6, 6.07) is 4.96. The largest absolute Gasteiger partial charge is 0.330 e. The molecule has 0 radical (unpaired) electrons. The molecule has 1 heterocycles. The molecule has 1 fully saturated rings. The maximum Gasteiger partial charge on any atom is 0.243 e. The summed E-state index contributed by atoms with van der Waals surface area (Å²) in [5.41, 5.74) is 6.38. The quantitative estimate of drug-likeness (QED) is 0.920. The van der Waals surface area contributed by atoms with Gasteiger partial charge in [0.2, 0.25) is 10.0 Å². The van der Waals surface area contributed by atoms with Crippen molar-refractivity contribution in [1.82, 2.24) is 4.31 Å². The first-order valence-corrected chi connectivity index (χ1v) is 8.23. The highest BCUT2D eigenvalue weighted by Gasteiger charge is 2.30. The third kappa shape index (κ3) is 3.65. The van der Waals surface area contributed by atoms with Crippen molar-refractivity contribution in [2.24, 2.45) is 11.7 Å². The van der Waals surface area contributed by atoms with Gasteiger partial charge in [-0.3, -0.25) is 0 Å². The SMILES string of the molecule is Cc1ccc(Cl)cc1S(=O)(=O)N1CCCC(CN)C1.Cl. The fraction of sp³-hybridized carbons (Fsp3) is 0.538. The summed E-state index contributed by atoms with van der Waals surface area (Å²) in [5.74, 6) is 0.253. The van der Waals surface area contributed by atoms with Crippen molar-refractivity contribution in [2.75, 3.05) is 19.6 Å². The van der Waals surface area contributed by atoms with Crippen molar-refractivity contribution in [1.29, 1.82) is 0 Å². The van der Waals surface area contributed by atoms with E-state index in [4.69, 9.17) is 17.3 Å². The standard InChI is InChI=1S/C13H19ClN2O2S.ClH/c1-10-4-5-12(14)7-13(10)19(17,18)16-6-2-3-11(8-15)9-16;/h4-5,7,11H,2-3,6,8-9,15H2,1H3;1H. The van der Waals surface area contributed by atoms with Crippen LogP contribution < -0.4 is 5.73 Å². The zero-order valence-corrected chi connectivity index (χ0v) is 13.8. The maximum absolute atomic E-state index is 12.6. The third-order valence-electron chi connectivity index (χ3n) is 3.58. The van der Waals surface area contributed by atoms with Crippen molar-refractivity contribution in [3.8, 4) is 0 Å². The molecule has 20 heavy (non-hydrogen) atoms. The third-order valence-corrected chi connectivity index (χ3v) is 5.83. The topological polar surface area (TPSA) is 63.4 Å². The van der Waals surface area contributed by atoms with E-state index in [0.29, 0.717) is 29.6 Å². The number of rotatable bonds is 3. The van der Waals surface area contributed by atoms with Gasteiger partial charge in [0.05, 0.1) is 4.90 Å². The minimum absolute atomic E-state index is 0. The summed E-state index contributed by atoms with van der Waals surface area (Å²) in [6.07, 6.45) is 1.86. The van der Waals surface area contributed by atoms with E-state index in [1.807, 2.05) is 0 Å². The van der Waals surface area contributed by atoms with E-state index in [-0.39, 0.29) is 18.3 Å². The molecule has 2 N–H and O–H groups in total. The monoisotopic (exact) mass is 338 g/mol. The molecule has 2 rings (SSSR count). The Balaban J connectivity index is 0.00000200. The Morgan fingerprint density at radius 2 is 2.15 bits per heavy atom. The van der Waals surface area contributed by atoms with Crippen LogP contribution in [-0.2, 0) is 10.0 Å². The van der Waals surface area contributed by atoms with Crippen LogP contribution in [0.25, 0.3) is 0 Å². The highest BCUT2D eigenvalue weighted by Crippen LogP contribution is 2.27. The maximum atomic E-state index is 12.6. The summed E-state index contributed by atoms with van der Waals surface area (Å²) in [5, 5.41) is 0.441. The van der Waals surface area contributed by atoms with Crippen LogP contribution in [-0.4, -0.2) is 32.4 Å². The lowest BCUT2D eigenvalue weighted by Gasteiger charge is -2.31. The van der Waals surface area contributed by atoms with Crippen molar-refractivity contribution in [3.05, 3.63) is 28.8 Å². The molecule has 0 saturated carbocycles. The molecular formula is C13H20Cl2N2O2S. The van der Waals surface area contributed by atoms with E-state index in [1.54, 1.807) is 19.1 Å². The van der Waals surface area contributed by atoms with Crippen molar-refractivity contribution in [2.45, 2.75) is 24.7 Å². The van der Waals surface area contributed by atoms with Gasteiger partial charge in [-0.05, 0) is 49.9 Å². The van der Waals surface area contributed by atoms with Crippen LogP contribution in [0, 0.1) is 12.8 Å². The smallest absolute Gasteiger partial charge is 0.243 e. The van der Waals surface area contributed by atoms with Crippen molar-refractivity contribution < 1.29 is 8.42 Å². The molecule has 1 aromatic carbocycles. The van der Waals surface area contributed by atoms with Crippen LogP contribution in [0.4, 0.5) is 0 Å². The minimum Gasteiger partial charge on any atom is -0.330 e. The van der Waals surface area contributed by atoms with Crippen LogP contribution in [0.5, 0.6) is 0 Å². The lowest BCUT2D eigenvalue weighted by atomic mass is 10.0. The zero-order valence-electron chi connectivity index (χ0n) is 11.4. The Bertz CT molecular complexity index is 563. The molecule has 1 saturated heterocycles. The van der Waals surface area contributed by atoms with Gasteiger partial charge in [0, 0.05) is 18.1 Å². The second kappa shape index (κ2) is 7.09. The molecule has 1 unspecified atom stereocenters. The summed E-state index contributed by atoms with van der Waals surface area (Å²) < 4.78 is 26.8. The van der Waals surface area contributed by atoms with E-state index in [1.165, 1.54) is 10.4 Å². The van der Waals surface area contributed by atoms with Gasteiger partial charge >= 0.3 is 0 Å². The number of aryl methyl sites for hydroxylation is 1. The Hall–Kier alpha value is -0.330. The van der Waals surface area contributed by atoms with E-state index < -0.39 is 10.0 Å². The van der Waals surface area contributed by atoms with Gasteiger partial charge in [-0.15, -0.1) is 12.4 Å². The molecule has 0 aromatic heterocycles. The van der Waals surface area contributed by atoms with Crippen LogP contribution in [0.3, 0.4) is 0 Å². The number of benzene rings is 1. The van der Waals surface area contributed by atoms with Gasteiger partial charge < -0.3 is 5.73 Å². The van der Waals surface area contributed by atoms with Crippen molar-refractivity contribution in [3.63, 3.8) is 0 Å². The Labute approximate surface area is 131 Å². The normalized spacial score (nSPS) is 20.4. The molecule has 0 amide bonds. The highest BCUT2D eigenvalue weighted by atomic mass is 35.5. The van der Waals surface area contributed by atoms with E-state index in [2.05, 4.69) is 0 Å². The Kier molecular flexibility index (Phi) is 6.28. The molecule has 1 aliphatic heterocycles. The van der Waals surface area contributed by atoms with Crippen LogP contribution >= 0.6 is 24.0 Å². The number of hydrogen-bond donors (Lipinski definition) is 1. The first kappa shape index (κ1) is 17.7. The number of nitrogens with zero attached hydrogens (tertiary/aromatic N) is 1. The van der Waals surface area contributed by atoms with Gasteiger partial charge in [0.25, 0.3) is 0 Å². The fourth-order valence-electron chi connectivity index (χ4n) is 2.43. The summed E-state index contributed by atoms with van der Waals surface area (Å²) in [7, 11) is -3.46. The molecule has 0 aliphatic carbocycles. The molecule has 0 bridgehead atoms. The lowest BCUT2D eigenvalue weighted by molar-refractivity contribution is 0.271. The van der Waals surface area contributed by atoms with E-state index in [0.717, 1.165) is 18.4 Å². The average molecular weight is 339 g/mol. The second-order valence-electron chi connectivity index (χ2n) is 5.02. The molecular weight excluding hydrogens is 319 g/mol. The predicted molar refractivity (Wildman–Crippen MR) is 84.0 cm³/mol. The average Bonchev–Trinajstić information content (AvgIpc) is 2.41.